The Balaban J connectivity index is 2.22. The summed E-state index contributed by atoms with van der Waals surface area (Å²) >= 11 is 0. The molecular formula is C15H22O4S. The van der Waals surface area contributed by atoms with Crippen molar-refractivity contribution < 1.29 is 17.9 Å². The third-order valence-corrected chi connectivity index (χ3v) is 5.83. The van der Waals surface area contributed by atoms with Gasteiger partial charge in [0.15, 0.2) is 16.1 Å². The van der Waals surface area contributed by atoms with E-state index in [1.165, 1.54) is 0 Å². The Morgan fingerprint density at radius 3 is 2.60 bits per heavy atom. The van der Waals surface area contributed by atoms with Gasteiger partial charge in [0.1, 0.15) is 0 Å². The Hall–Kier alpha value is -0.910. The molecule has 0 amide bonds. The van der Waals surface area contributed by atoms with Crippen LogP contribution in [0, 0.1) is 0 Å². The van der Waals surface area contributed by atoms with Crippen molar-refractivity contribution in [2.45, 2.75) is 55.6 Å². The highest BCUT2D eigenvalue weighted by molar-refractivity contribution is 7.92. The molecule has 1 fully saturated rings. The summed E-state index contributed by atoms with van der Waals surface area (Å²) in [6.45, 7) is 4.37. The van der Waals surface area contributed by atoms with Crippen LogP contribution in [0.2, 0.25) is 0 Å². The fourth-order valence-electron chi connectivity index (χ4n) is 2.51. The van der Waals surface area contributed by atoms with Crippen molar-refractivity contribution in [1.29, 1.82) is 0 Å². The Kier molecular flexibility index (Phi) is 5.18. The number of rotatable bonds is 4. The molecule has 1 aromatic carbocycles. The van der Waals surface area contributed by atoms with Crippen LogP contribution in [0.5, 0.6) is 0 Å². The van der Waals surface area contributed by atoms with Crippen LogP contribution < -0.4 is 0 Å². The molecule has 0 aromatic heterocycles. The van der Waals surface area contributed by atoms with E-state index in [-0.39, 0.29) is 6.10 Å². The molecule has 0 bridgehead atoms. The van der Waals surface area contributed by atoms with Crippen LogP contribution in [0.3, 0.4) is 0 Å². The van der Waals surface area contributed by atoms with E-state index in [4.69, 9.17) is 9.47 Å². The maximum Gasteiger partial charge on any atom is 0.181 e. The van der Waals surface area contributed by atoms with E-state index >= 15 is 0 Å². The first-order valence-corrected chi connectivity index (χ1v) is 8.64. The molecule has 0 N–H and O–H groups in total. The largest absolute Gasteiger partial charge is 0.353 e. The lowest BCUT2D eigenvalue weighted by Gasteiger charge is -2.21. The second-order valence-corrected chi connectivity index (χ2v) is 7.35. The molecule has 0 spiro atoms. The van der Waals surface area contributed by atoms with Crippen LogP contribution >= 0.6 is 0 Å². The summed E-state index contributed by atoms with van der Waals surface area (Å²) < 4.78 is 36.6. The van der Waals surface area contributed by atoms with E-state index in [1.54, 1.807) is 24.3 Å². The average Bonchev–Trinajstić information content (AvgIpc) is 2.62. The lowest BCUT2D eigenvalue weighted by molar-refractivity contribution is -0.160. The van der Waals surface area contributed by atoms with Gasteiger partial charge in [-0.3, -0.25) is 0 Å². The van der Waals surface area contributed by atoms with E-state index in [0.717, 1.165) is 6.42 Å². The van der Waals surface area contributed by atoms with E-state index in [0.29, 0.717) is 24.3 Å². The Morgan fingerprint density at radius 2 is 1.95 bits per heavy atom. The molecule has 0 unspecified atom stereocenters. The molecule has 0 radical (unpaired) electrons. The molecule has 20 heavy (non-hydrogen) atoms. The SMILES string of the molecule is CCO[C@@H]1C[C@@H](S(=O)(=O)c2ccccc2)CC[C@@H](C)O1. The van der Waals surface area contributed by atoms with Crippen LogP contribution in [0.15, 0.2) is 35.2 Å². The molecule has 3 atom stereocenters. The van der Waals surface area contributed by atoms with Gasteiger partial charge in [0.05, 0.1) is 16.2 Å². The number of ether oxygens (including phenoxy) is 2. The van der Waals surface area contributed by atoms with Crippen molar-refractivity contribution in [2.24, 2.45) is 0 Å². The molecule has 4 nitrogen and oxygen atoms in total. The van der Waals surface area contributed by atoms with E-state index in [9.17, 15) is 8.42 Å². The second kappa shape index (κ2) is 6.70. The topological polar surface area (TPSA) is 52.6 Å². The predicted octanol–water partition coefficient (Wildman–Crippen LogP) is 2.78. The maximum absolute atomic E-state index is 12.7. The summed E-state index contributed by atoms with van der Waals surface area (Å²) in [5.41, 5.74) is 0. The molecule has 1 heterocycles. The van der Waals surface area contributed by atoms with Gasteiger partial charge in [-0.2, -0.15) is 0 Å². The van der Waals surface area contributed by atoms with Gasteiger partial charge < -0.3 is 9.47 Å². The van der Waals surface area contributed by atoms with Crippen molar-refractivity contribution in [1.82, 2.24) is 0 Å². The number of hydrogen-bond donors (Lipinski definition) is 0. The fraction of sp³-hybridized carbons (Fsp3) is 0.600. The van der Waals surface area contributed by atoms with Crippen molar-refractivity contribution in [3.8, 4) is 0 Å². The average molecular weight is 298 g/mol. The number of sulfone groups is 1. The molecule has 1 aliphatic rings. The maximum atomic E-state index is 12.7. The van der Waals surface area contributed by atoms with Gasteiger partial charge in [-0.05, 0) is 38.8 Å². The monoisotopic (exact) mass is 298 g/mol. The first-order chi connectivity index (χ1) is 9.54. The first-order valence-electron chi connectivity index (χ1n) is 7.10. The third-order valence-electron chi connectivity index (χ3n) is 3.60. The van der Waals surface area contributed by atoms with E-state index in [1.807, 2.05) is 19.9 Å². The van der Waals surface area contributed by atoms with E-state index < -0.39 is 21.4 Å². The van der Waals surface area contributed by atoms with Crippen molar-refractivity contribution in [3.05, 3.63) is 30.3 Å². The van der Waals surface area contributed by atoms with Gasteiger partial charge in [0.25, 0.3) is 0 Å². The normalized spacial score (nSPS) is 28.0. The van der Waals surface area contributed by atoms with Crippen LogP contribution in [-0.4, -0.2) is 32.7 Å². The van der Waals surface area contributed by atoms with Crippen molar-refractivity contribution in [3.63, 3.8) is 0 Å². The highest BCUT2D eigenvalue weighted by Gasteiger charge is 2.34. The zero-order chi connectivity index (χ0) is 14.6. The molecule has 5 heteroatoms. The Bertz CT molecular complexity index is 512. The highest BCUT2D eigenvalue weighted by atomic mass is 32.2. The van der Waals surface area contributed by atoms with Crippen LogP contribution in [0.1, 0.15) is 33.1 Å². The van der Waals surface area contributed by atoms with Gasteiger partial charge in [0, 0.05) is 13.0 Å². The molecule has 1 aromatic rings. The van der Waals surface area contributed by atoms with Gasteiger partial charge in [-0.25, -0.2) is 8.42 Å². The number of hydrogen-bond acceptors (Lipinski definition) is 4. The summed E-state index contributed by atoms with van der Waals surface area (Å²) in [7, 11) is -3.32. The summed E-state index contributed by atoms with van der Waals surface area (Å²) in [6, 6.07) is 8.63. The van der Waals surface area contributed by atoms with Crippen LogP contribution in [0.25, 0.3) is 0 Å². The van der Waals surface area contributed by atoms with Gasteiger partial charge in [-0.15, -0.1) is 0 Å². The second-order valence-electron chi connectivity index (χ2n) is 5.12. The predicted molar refractivity (Wildman–Crippen MR) is 77.2 cm³/mol. The highest BCUT2D eigenvalue weighted by Crippen LogP contribution is 2.28. The van der Waals surface area contributed by atoms with Crippen molar-refractivity contribution in [2.75, 3.05) is 6.61 Å². The standard InChI is InChI=1S/C15H22O4S/c1-3-18-15-11-14(10-9-12(2)19-15)20(16,17)13-7-5-4-6-8-13/h4-8,12,14-15H,3,9-11H2,1-2H3/t12-,14+,15+/m1/s1. The minimum atomic E-state index is -3.32. The number of benzene rings is 1. The third kappa shape index (κ3) is 3.59. The summed E-state index contributed by atoms with van der Waals surface area (Å²) in [6.07, 6.45) is 1.35. The van der Waals surface area contributed by atoms with Crippen LogP contribution in [-0.2, 0) is 19.3 Å². The zero-order valence-electron chi connectivity index (χ0n) is 12.0. The van der Waals surface area contributed by atoms with Gasteiger partial charge >= 0.3 is 0 Å². The Morgan fingerprint density at radius 1 is 1.25 bits per heavy atom. The lowest BCUT2D eigenvalue weighted by atomic mass is 10.1. The molecule has 0 aliphatic carbocycles. The minimum absolute atomic E-state index is 0.0301. The quantitative estimate of drug-likeness (QED) is 0.857. The molecular weight excluding hydrogens is 276 g/mol. The zero-order valence-corrected chi connectivity index (χ0v) is 12.8. The van der Waals surface area contributed by atoms with Gasteiger partial charge in [0.2, 0.25) is 0 Å². The molecule has 112 valence electrons. The smallest absolute Gasteiger partial charge is 0.181 e. The lowest BCUT2D eigenvalue weighted by Crippen LogP contribution is -2.27. The summed E-state index contributed by atoms with van der Waals surface area (Å²) in [5, 5.41) is -0.439. The van der Waals surface area contributed by atoms with Crippen molar-refractivity contribution >= 4 is 9.84 Å². The summed E-state index contributed by atoms with van der Waals surface area (Å²) in [4.78, 5) is 0.384. The minimum Gasteiger partial charge on any atom is -0.353 e. The molecule has 1 saturated heterocycles. The molecule has 2 rings (SSSR count). The molecule has 1 aliphatic heterocycles. The Labute approximate surface area is 121 Å². The molecule has 0 saturated carbocycles. The summed E-state index contributed by atoms with van der Waals surface area (Å²) in [5.74, 6) is 0. The fourth-order valence-corrected chi connectivity index (χ4v) is 4.29. The van der Waals surface area contributed by atoms with Gasteiger partial charge in [-0.1, -0.05) is 18.2 Å². The first kappa shape index (κ1) is 15.5. The van der Waals surface area contributed by atoms with Crippen LogP contribution in [0.4, 0.5) is 0 Å². The van der Waals surface area contributed by atoms with E-state index in [2.05, 4.69) is 0 Å².